The fourth-order valence-corrected chi connectivity index (χ4v) is 14.4. The molecule has 11 aromatic carbocycles. The van der Waals surface area contributed by atoms with E-state index in [1.807, 2.05) is 0 Å². The second-order valence-electron chi connectivity index (χ2n) is 21.7. The number of hydrogen-bond acceptors (Lipinski definition) is 1. The van der Waals surface area contributed by atoms with Crippen LogP contribution in [0.1, 0.15) is 40.7 Å². The molecule has 79 heavy (non-hydrogen) atoms. The Kier molecular flexibility index (Phi) is 10.5. The third-order valence-electron chi connectivity index (χ3n) is 17.7. The van der Waals surface area contributed by atoms with Gasteiger partial charge < -0.3 is 9.47 Å². The van der Waals surface area contributed by atoms with Crippen molar-refractivity contribution in [3.05, 3.63) is 319 Å². The molecular formula is C77H54N2. The van der Waals surface area contributed by atoms with Gasteiger partial charge in [-0.25, -0.2) is 0 Å². The van der Waals surface area contributed by atoms with E-state index in [0.29, 0.717) is 5.92 Å². The smallest absolute Gasteiger partial charge is 0.0725 e. The molecule has 0 saturated carbocycles. The summed E-state index contributed by atoms with van der Waals surface area (Å²) in [5.74, 6) is 0.370. The van der Waals surface area contributed by atoms with Crippen LogP contribution < -0.4 is 4.90 Å². The van der Waals surface area contributed by atoms with Crippen molar-refractivity contribution in [1.29, 1.82) is 0 Å². The van der Waals surface area contributed by atoms with Gasteiger partial charge in [0.2, 0.25) is 0 Å². The molecule has 0 bridgehead atoms. The zero-order valence-corrected chi connectivity index (χ0v) is 43.7. The molecule has 0 saturated heterocycles. The lowest BCUT2D eigenvalue weighted by Gasteiger charge is -2.35. The van der Waals surface area contributed by atoms with Gasteiger partial charge in [0.1, 0.15) is 0 Å². The van der Waals surface area contributed by atoms with Crippen LogP contribution >= 0.6 is 0 Å². The molecule has 2 heterocycles. The van der Waals surface area contributed by atoms with E-state index in [9.17, 15) is 0 Å². The van der Waals surface area contributed by atoms with Crippen LogP contribution in [0.2, 0.25) is 0 Å². The highest BCUT2D eigenvalue weighted by Gasteiger charge is 2.51. The van der Waals surface area contributed by atoms with Crippen molar-refractivity contribution in [2.24, 2.45) is 5.92 Å². The fraction of sp³-hybridized carbons (Fsp3) is 0.0649. The van der Waals surface area contributed by atoms with Crippen molar-refractivity contribution in [3.63, 3.8) is 0 Å². The van der Waals surface area contributed by atoms with E-state index in [1.54, 1.807) is 0 Å². The molecule has 1 aliphatic heterocycles. The molecule has 0 fully saturated rings. The van der Waals surface area contributed by atoms with Crippen molar-refractivity contribution in [2.45, 2.75) is 24.3 Å². The van der Waals surface area contributed by atoms with Gasteiger partial charge in [0.15, 0.2) is 0 Å². The van der Waals surface area contributed by atoms with Gasteiger partial charge in [-0.2, -0.15) is 0 Å². The zero-order chi connectivity index (χ0) is 52.0. The van der Waals surface area contributed by atoms with Crippen LogP contribution in [0.4, 0.5) is 5.69 Å². The lowest BCUT2D eigenvalue weighted by atomic mass is 9.70. The zero-order valence-electron chi connectivity index (χ0n) is 43.7. The Balaban J connectivity index is 1.01. The number of nitrogens with zero attached hydrogens (tertiary/aromatic N) is 2. The lowest BCUT2D eigenvalue weighted by molar-refractivity contribution is 0.514. The maximum atomic E-state index is 2.67. The molecule has 2 heteroatoms. The summed E-state index contributed by atoms with van der Waals surface area (Å²) in [6.45, 7) is 0. The molecule has 372 valence electrons. The van der Waals surface area contributed by atoms with Crippen LogP contribution in [0.3, 0.4) is 0 Å². The molecular weight excluding hydrogens is 953 g/mol. The first-order chi connectivity index (χ1) is 39.2. The second-order valence-corrected chi connectivity index (χ2v) is 21.7. The van der Waals surface area contributed by atoms with Gasteiger partial charge in [-0.3, -0.25) is 0 Å². The van der Waals surface area contributed by atoms with Crippen LogP contribution in [-0.4, -0.2) is 10.6 Å². The summed E-state index contributed by atoms with van der Waals surface area (Å²) in [4.78, 5) is 2.67. The largest absolute Gasteiger partial charge is 0.337 e. The molecule has 2 unspecified atom stereocenters. The molecule has 1 aromatic heterocycles. The SMILES string of the molecule is C1=CCC(C2CC=C(c3ccccc3)N2c2ccc3c(-c4ccccc4)c4cc(-n5c(-c6ccccc6)ccc5-c5ccccc5)ccc4c(-c4ccc5c(c4)C4(c6ccccc6-c6ccccc64)c4ccccc4-5)c3c2)C=C1. The third-order valence-corrected chi connectivity index (χ3v) is 17.7. The first kappa shape index (κ1) is 45.4. The summed E-state index contributed by atoms with van der Waals surface area (Å²) in [5.41, 5.74) is 24.5. The number of benzene rings is 11. The molecule has 0 N–H and O–H groups in total. The first-order valence-corrected chi connectivity index (χ1v) is 28.0. The van der Waals surface area contributed by atoms with E-state index in [-0.39, 0.29) is 6.04 Å². The van der Waals surface area contributed by atoms with E-state index in [0.717, 1.165) is 29.9 Å². The van der Waals surface area contributed by atoms with Gasteiger partial charge in [-0.05, 0) is 160 Å². The van der Waals surface area contributed by atoms with E-state index in [4.69, 9.17) is 0 Å². The Morgan fingerprint density at radius 1 is 0.342 bits per heavy atom. The van der Waals surface area contributed by atoms with E-state index < -0.39 is 5.41 Å². The van der Waals surface area contributed by atoms with Gasteiger partial charge >= 0.3 is 0 Å². The molecule has 0 radical (unpaired) electrons. The summed E-state index contributed by atoms with van der Waals surface area (Å²) in [5, 5.41) is 4.89. The molecule has 0 amide bonds. The van der Waals surface area contributed by atoms with Crippen molar-refractivity contribution in [2.75, 3.05) is 4.90 Å². The van der Waals surface area contributed by atoms with Crippen molar-refractivity contribution in [1.82, 2.24) is 4.57 Å². The van der Waals surface area contributed by atoms with Crippen LogP contribution in [0.25, 0.3) is 100.0 Å². The monoisotopic (exact) mass is 1010 g/mol. The third kappa shape index (κ3) is 6.90. The Bertz CT molecular complexity index is 4360. The van der Waals surface area contributed by atoms with Crippen LogP contribution in [0.5, 0.6) is 0 Å². The maximum absolute atomic E-state index is 2.67. The molecule has 3 aliphatic carbocycles. The summed E-state index contributed by atoms with van der Waals surface area (Å²) < 4.78 is 2.47. The topological polar surface area (TPSA) is 8.17 Å². The minimum atomic E-state index is -0.487. The number of rotatable bonds is 8. The molecule has 4 aliphatic rings. The van der Waals surface area contributed by atoms with Gasteiger partial charge in [0.25, 0.3) is 0 Å². The number of aromatic nitrogens is 1. The average Bonchev–Trinajstić information content (AvgIpc) is 4.38. The van der Waals surface area contributed by atoms with Crippen molar-refractivity contribution in [3.8, 4) is 72.7 Å². The molecule has 1 spiro atoms. The Labute approximate surface area is 461 Å². The molecule has 2 nitrogen and oxygen atoms in total. The van der Waals surface area contributed by atoms with Gasteiger partial charge in [0, 0.05) is 29.0 Å². The van der Waals surface area contributed by atoms with Gasteiger partial charge in [0.05, 0.1) is 16.8 Å². The summed E-state index contributed by atoms with van der Waals surface area (Å²) >= 11 is 0. The highest BCUT2D eigenvalue weighted by molar-refractivity contribution is 6.22. The van der Waals surface area contributed by atoms with Crippen LogP contribution in [0, 0.1) is 5.92 Å². The number of fused-ring (bicyclic) bond motifs is 12. The van der Waals surface area contributed by atoms with E-state index in [2.05, 4.69) is 301 Å². The summed E-state index contributed by atoms with van der Waals surface area (Å²) in [6.07, 6.45) is 13.7. The number of allylic oxidation sites excluding steroid dienone is 3. The van der Waals surface area contributed by atoms with Gasteiger partial charge in [-0.15, -0.1) is 0 Å². The highest BCUT2D eigenvalue weighted by Crippen LogP contribution is 2.63. The lowest BCUT2D eigenvalue weighted by Crippen LogP contribution is -2.35. The quantitative estimate of drug-likeness (QED) is 0.138. The summed E-state index contributed by atoms with van der Waals surface area (Å²) in [7, 11) is 0. The molecule has 12 aromatic rings. The highest BCUT2D eigenvalue weighted by atomic mass is 15.2. The minimum absolute atomic E-state index is 0.258. The van der Waals surface area contributed by atoms with Crippen LogP contribution in [-0.2, 0) is 5.41 Å². The van der Waals surface area contributed by atoms with E-state index >= 15 is 0 Å². The molecule has 16 rings (SSSR count). The maximum Gasteiger partial charge on any atom is 0.0725 e. The van der Waals surface area contributed by atoms with Crippen molar-refractivity contribution < 1.29 is 0 Å². The predicted molar refractivity (Wildman–Crippen MR) is 331 cm³/mol. The van der Waals surface area contributed by atoms with Gasteiger partial charge in [-0.1, -0.05) is 249 Å². The Hall–Kier alpha value is -9.76. The minimum Gasteiger partial charge on any atom is -0.337 e. The predicted octanol–water partition coefficient (Wildman–Crippen LogP) is 19.5. The normalized spacial score (nSPS) is 16.3. The standard InChI is InChI=1S/C77H54N2/c1-6-22-51(23-7-1)71-44-45-72(52-24-8-2-9-25-52)78(71)57-40-43-64-65(49-57)75(55-30-14-5-15-31-55)63-42-39-58(79-73(53-26-10-3-11-27-53)46-47-74(79)54-28-12-4-13-29-54)50-66(63)76(64)56-38-41-62-61-34-18-21-37-69(61)77(70(62)48-56)67-35-19-16-32-59(67)60-33-17-20-36-68(60)77/h1-28,30-46,48-50,54,74H,29,47H2. The first-order valence-electron chi connectivity index (χ1n) is 28.0. The average molecular weight is 1010 g/mol. The summed E-state index contributed by atoms with van der Waals surface area (Å²) in [6, 6.07) is 98.3. The number of anilines is 1. The van der Waals surface area contributed by atoms with Crippen LogP contribution in [0.15, 0.2) is 291 Å². The second kappa shape index (κ2) is 18.2. The Morgan fingerprint density at radius 3 is 1.38 bits per heavy atom. The number of hydrogen-bond donors (Lipinski definition) is 0. The molecule has 2 atom stereocenters. The fourth-order valence-electron chi connectivity index (χ4n) is 14.4. The van der Waals surface area contributed by atoms with E-state index in [1.165, 1.54) is 116 Å². The van der Waals surface area contributed by atoms with Crippen molar-refractivity contribution >= 4 is 32.9 Å². The Morgan fingerprint density at radius 2 is 0.823 bits per heavy atom.